The van der Waals surface area contributed by atoms with Crippen molar-refractivity contribution in [2.24, 2.45) is 4.99 Å². The van der Waals surface area contributed by atoms with Gasteiger partial charge in [0.2, 0.25) is 0 Å². The Bertz CT molecular complexity index is 2160. The molecule has 2 N–H and O–H groups in total. The predicted molar refractivity (Wildman–Crippen MR) is 169 cm³/mol. The van der Waals surface area contributed by atoms with Crippen molar-refractivity contribution in [1.82, 2.24) is 4.57 Å². The van der Waals surface area contributed by atoms with Gasteiger partial charge in [-0.2, -0.15) is 0 Å². The van der Waals surface area contributed by atoms with Gasteiger partial charge in [0.15, 0.2) is 4.80 Å². The standard InChI is InChI=1S/C34H27N3O7S/c1-19-29(31(38)36-20-9-5-4-6-10-20)30(25-15-13-21(42-2)17-27(25)43-3)37-32(39)28(45-34(37)35-19)18-22-14-16-26(44-22)23-11-7-8-12-24(23)33(40)41/h4-18,30H,1-3H3,(H,36,38)(H,40,41)/b28-18-/t30-/m1/s1. The molecule has 3 aromatic carbocycles. The second-order valence-corrected chi connectivity index (χ2v) is 11.1. The quantitative estimate of drug-likeness (QED) is 0.253. The van der Waals surface area contributed by atoms with Gasteiger partial charge in [0.25, 0.3) is 11.5 Å². The molecule has 0 fully saturated rings. The number of rotatable bonds is 8. The van der Waals surface area contributed by atoms with Crippen LogP contribution in [0.25, 0.3) is 17.4 Å². The monoisotopic (exact) mass is 621 g/mol. The summed E-state index contributed by atoms with van der Waals surface area (Å²) in [4.78, 5) is 44.8. The molecule has 0 bridgehead atoms. The van der Waals surface area contributed by atoms with Crippen molar-refractivity contribution in [2.75, 3.05) is 19.5 Å². The van der Waals surface area contributed by atoms with Crippen molar-refractivity contribution in [1.29, 1.82) is 0 Å². The van der Waals surface area contributed by atoms with Gasteiger partial charge >= 0.3 is 5.97 Å². The number of fused-ring (bicyclic) bond motifs is 1. The fraction of sp³-hybridized carbons (Fsp3) is 0.118. The summed E-state index contributed by atoms with van der Waals surface area (Å²) in [6, 6.07) is 23.2. The van der Waals surface area contributed by atoms with Crippen LogP contribution in [-0.2, 0) is 4.79 Å². The number of nitrogens with one attached hydrogen (secondary N) is 1. The number of anilines is 1. The number of hydrogen-bond acceptors (Lipinski definition) is 8. The number of allylic oxidation sites excluding steroid dienone is 1. The Kier molecular flexibility index (Phi) is 7.93. The number of para-hydroxylation sites is 1. The molecule has 1 aliphatic rings. The molecule has 6 rings (SSSR count). The zero-order chi connectivity index (χ0) is 31.7. The van der Waals surface area contributed by atoms with E-state index in [9.17, 15) is 19.5 Å². The van der Waals surface area contributed by atoms with Crippen LogP contribution in [-0.4, -0.2) is 35.8 Å². The van der Waals surface area contributed by atoms with E-state index in [1.54, 1.807) is 80.8 Å². The van der Waals surface area contributed by atoms with E-state index in [0.717, 1.165) is 11.3 Å². The lowest BCUT2D eigenvalue weighted by Crippen LogP contribution is -2.40. The van der Waals surface area contributed by atoms with E-state index in [1.807, 2.05) is 18.2 Å². The summed E-state index contributed by atoms with van der Waals surface area (Å²) in [7, 11) is 3.06. The summed E-state index contributed by atoms with van der Waals surface area (Å²) in [6.45, 7) is 1.73. The maximum absolute atomic E-state index is 14.1. The molecular formula is C34H27N3O7S. The normalized spacial score (nSPS) is 14.5. The molecule has 0 radical (unpaired) electrons. The van der Waals surface area contributed by atoms with Crippen LogP contribution in [0.15, 0.2) is 110 Å². The predicted octanol–water partition coefficient (Wildman–Crippen LogP) is 4.85. The SMILES string of the molecule is COc1ccc([C@@H]2C(C(=O)Nc3ccccc3)=C(C)N=c3s/c(=C\c4ccc(-c5ccccc5C(=O)O)o4)c(=O)n32)c(OC)c1. The topological polar surface area (TPSA) is 132 Å². The Labute approximate surface area is 260 Å². The Hall–Kier alpha value is -5.68. The zero-order valence-electron chi connectivity index (χ0n) is 24.4. The van der Waals surface area contributed by atoms with E-state index < -0.39 is 17.9 Å². The molecule has 2 aromatic heterocycles. The first-order chi connectivity index (χ1) is 21.8. The van der Waals surface area contributed by atoms with Crippen LogP contribution in [0, 0.1) is 0 Å². The molecule has 10 nitrogen and oxygen atoms in total. The maximum atomic E-state index is 14.1. The Morgan fingerprint density at radius 3 is 2.49 bits per heavy atom. The molecule has 0 saturated heterocycles. The minimum atomic E-state index is -1.08. The number of benzene rings is 3. The highest BCUT2D eigenvalue weighted by atomic mass is 32.1. The first-order valence-electron chi connectivity index (χ1n) is 13.8. The lowest BCUT2D eigenvalue weighted by Gasteiger charge is -2.26. The largest absolute Gasteiger partial charge is 0.497 e. The highest BCUT2D eigenvalue weighted by molar-refractivity contribution is 7.07. The second kappa shape index (κ2) is 12.1. The van der Waals surface area contributed by atoms with Crippen LogP contribution in [0.3, 0.4) is 0 Å². The number of ether oxygens (including phenoxy) is 2. The number of furan rings is 1. The Balaban J connectivity index is 1.49. The van der Waals surface area contributed by atoms with Crippen LogP contribution < -0.4 is 29.7 Å². The number of carboxylic acid groups (broad SMARTS) is 1. The van der Waals surface area contributed by atoms with Crippen molar-refractivity contribution >= 4 is 35.0 Å². The number of aromatic carboxylic acids is 1. The van der Waals surface area contributed by atoms with Gasteiger partial charge in [0.1, 0.15) is 29.1 Å². The van der Waals surface area contributed by atoms with Crippen molar-refractivity contribution in [3.8, 4) is 22.8 Å². The van der Waals surface area contributed by atoms with E-state index in [4.69, 9.17) is 13.9 Å². The van der Waals surface area contributed by atoms with Gasteiger partial charge in [0.05, 0.1) is 35.6 Å². The van der Waals surface area contributed by atoms with Crippen molar-refractivity contribution in [3.05, 3.63) is 133 Å². The third-order valence-corrected chi connectivity index (χ3v) is 8.34. The molecule has 5 aromatic rings. The average molecular weight is 622 g/mol. The van der Waals surface area contributed by atoms with Gasteiger partial charge in [-0.1, -0.05) is 47.7 Å². The molecular weight excluding hydrogens is 594 g/mol. The fourth-order valence-electron chi connectivity index (χ4n) is 5.26. The molecule has 0 aliphatic carbocycles. The van der Waals surface area contributed by atoms with Crippen molar-refractivity contribution in [3.63, 3.8) is 0 Å². The van der Waals surface area contributed by atoms with Gasteiger partial charge in [-0.25, -0.2) is 9.79 Å². The van der Waals surface area contributed by atoms with E-state index in [0.29, 0.717) is 54.9 Å². The number of carbonyl (C=O) groups is 2. The van der Waals surface area contributed by atoms with Crippen LogP contribution in [0.2, 0.25) is 0 Å². The van der Waals surface area contributed by atoms with Crippen LogP contribution in [0.5, 0.6) is 11.5 Å². The summed E-state index contributed by atoms with van der Waals surface area (Å²) in [5, 5.41) is 12.5. The van der Waals surface area contributed by atoms with Crippen LogP contribution in [0.4, 0.5) is 5.69 Å². The number of carboxylic acids is 1. The molecule has 1 amide bonds. The van der Waals surface area contributed by atoms with E-state index in [-0.39, 0.29) is 16.7 Å². The third-order valence-electron chi connectivity index (χ3n) is 7.36. The first kappa shape index (κ1) is 29.4. The summed E-state index contributed by atoms with van der Waals surface area (Å²) < 4.78 is 18.9. The molecule has 1 atom stereocenters. The lowest BCUT2D eigenvalue weighted by molar-refractivity contribution is -0.113. The average Bonchev–Trinajstić information content (AvgIpc) is 3.64. The Morgan fingerprint density at radius 1 is 1.00 bits per heavy atom. The first-order valence-corrected chi connectivity index (χ1v) is 14.6. The second-order valence-electron chi connectivity index (χ2n) is 10.1. The van der Waals surface area contributed by atoms with Gasteiger partial charge in [-0.15, -0.1) is 0 Å². The summed E-state index contributed by atoms with van der Waals surface area (Å²) in [6.07, 6.45) is 1.59. The summed E-state index contributed by atoms with van der Waals surface area (Å²) >= 11 is 1.15. The minimum Gasteiger partial charge on any atom is -0.497 e. The van der Waals surface area contributed by atoms with E-state index in [1.165, 1.54) is 17.7 Å². The highest BCUT2D eigenvalue weighted by Crippen LogP contribution is 2.37. The minimum absolute atomic E-state index is 0.1000. The smallest absolute Gasteiger partial charge is 0.336 e. The number of hydrogen-bond donors (Lipinski definition) is 2. The fourth-order valence-corrected chi connectivity index (χ4v) is 6.29. The molecule has 0 saturated carbocycles. The van der Waals surface area contributed by atoms with Crippen molar-refractivity contribution < 1.29 is 28.6 Å². The summed E-state index contributed by atoms with van der Waals surface area (Å²) in [5.74, 6) is 0.203. The summed E-state index contributed by atoms with van der Waals surface area (Å²) in [5.41, 5.74) is 2.03. The van der Waals surface area contributed by atoms with E-state index >= 15 is 0 Å². The van der Waals surface area contributed by atoms with Crippen LogP contribution in [0.1, 0.15) is 34.6 Å². The maximum Gasteiger partial charge on any atom is 0.336 e. The zero-order valence-corrected chi connectivity index (χ0v) is 25.3. The lowest BCUT2D eigenvalue weighted by atomic mass is 9.94. The highest BCUT2D eigenvalue weighted by Gasteiger charge is 2.34. The number of methoxy groups -OCH3 is 2. The molecule has 0 spiro atoms. The molecule has 0 unspecified atom stereocenters. The van der Waals surface area contributed by atoms with Gasteiger partial charge in [0, 0.05) is 29.0 Å². The van der Waals surface area contributed by atoms with E-state index in [2.05, 4.69) is 10.3 Å². The number of aromatic nitrogens is 1. The number of nitrogens with zero attached hydrogens (tertiary/aromatic N) is 2. The molecule has 3 heterocycles. The molecule has 45 heavy (non-hydrogen) atoms. The molecule has 226 valence electrons. The molecule has 11 heteroatoms. The van der Waals surface area contributed by atoms with Gasteiger partial charge in [-0.05, 0) is 49.4 Å². The number of thiazole rings is 1. The van der Waals surface area contributed by atoms with Gasteiger partial charge in [-0.3, -0.25) is 14.2 Å². The number of amides is 1. The van der Waals surface area contributed by atoms with Crippen molar-refractivity contribution in [2.45, 2.75) is 13.0 Å². The van der Waals surface area contributed by atoms with Gasteiger partial charge < -0.3 is 24.3 Å². The Morgan fingerprint density at radius 2 is 1.76 bits per heavy atom. The molecule has 1 aliphatic heterocycles. The number of carbonyl (C=O) groups excluding carboxylic acids is 1. The van der Waals surface area contributed by atoms with Crippen LogP contribution >= 0.6 is 11.3 Å². The third kappa shape index (κ3) is 5.56.